The topological polar surface area (TPSA) is 12.0 Å². The van der Waals surface area contributed by atoms with Gasteiger partial charge >= 0.3 is 0 Å². The Hall–Kier alpha value is -0.480. The molecule has 1 atom stereocenters. The lowest BCUT2D eigenvalue weighted by molar-refractivity contribution is 0.337. The average Bonchev–Trinajstić information content (AvgIpc) is 1.80. The van der Waals surface area contributed by atoms with Gasteiger partial charge in [0.2, 0.25) is 0 Å². The summed E-state index contributed by atoms with van der Waals surface area (Å²) in [6.07, 6.45) is 0. The predicted molar refractivity (Wildman–Crippen MR) is 45.8 cm³/mol. The van der Waals surface area contributed by atoms with E-state index >= 15 is 0 Å². The molecule has 1 N–H and O–H groups in total. The van der Waals surface area contributed by atoms with Gasteiger partial charge in [-0.05, 0) is 19.4 Å². The molecule has 0 radical (unpaired) electrons. The summed E-state index contributed by atoms with van der Waals surface area (Å²) in [4.78, 5) is 0. The van der Waals surface area contributed by atoms with Crippen molar-refractivity contribution < 1.29 is 0 Å². The number of rotatable bonds is 1. The van der Waals surface area contributed by atoms with Gasteiger partial charge in [-0.3, -0.25) is 0 Å². The van der Waals surface area contributed by atoms with Crippen LogP contribution in [0.4, 0.5) is 0 Å². The highest BCUT2D eigenvalue weighted by molar-refractivity contribution is 5.09. The summed E-state index contributed by atoms with van der Waals surface area (Å²) in [6.45, 7) is 8.41. The van der Waals surface area contributed by atoms with Crippen LogP contribution in [-0.4, -0.2) is 13.1 Å². The van der Waals surface area contributed by atoms with Crippen LogP contribution in [0.15, 0.2) is 0 Å². The van der Waals surface area contributed by atoms with E-state index < -0.39 is 0 Å². The van der Waals surface area contributed by atoms with Gasteiger partial charge in [0.05, 0.1) is 6.04 Å². The van der Waals surface area contributed by atoms with Crippen LogP contribution in [0.1, 0.15) is 27.7 Å². The minimum atomic E-state index is 0.234. The van der Waals surface area contributed by atoms with Crippen LogP contribution in [0.2, 0.25) is 0 Å². The van der Waals surface area contributed by atoms with Crippen LogP contribution >= 0.6 is 0 Å². The van der Waals surface area contributed by atoms with Crippen LogP contribution in [0.25, 0.3) is 0 Å². The van der Waals surface area contributed by atoms with Gasteiger partial charge in [0.1, 0.15) is 0 Å². The molecule has 0 aliphatic rings. The zero-order valence-electron chi connectivity index (χ0n) is 7.58. The van der Waals surface area contributed by atoms with Crippen LogP contribution in [-0.2, 0) is 0 Å². The van der Waals surface area contributed by atoms with E-state index in [1.54, 1.807) is 0 Å². The molecule has 0 saturated heterocycles. The van der Waals surface area contributed by atoms with E-state index in [4.69, 9.17) is 0 Å². The van der Waals surface area contributed by atoms with E-state index in [-0.39, 0.29) is 5.41 Å². The van der Waals surface area contributed by atoms with E-state index in [1.165, 1.54) is 0 Å². The maximum atomic E-state index is 3.17. The van der Waals surface area contributed by atoms with Crippen LogP contribution in [0, 0.1) is 17.3 Å². The maximum absolute atomic E-state index is 3.17. The Balaban J connectivity index is 4.17. The van der Waals surface area contributed by atoms with E-state index in [1.807, 2.05) is 14.0 Å². The van der Waals surface area contributed by atoms with E-state index in [2.05, 4.69) is 37.9 Å². The summed E-state index contributed by atoms with van der Waals surface area (Å²) >= 11 is 0. The fourth-order valence-electron chi connectivity index (χ4n) is 0.866. The van der Waals surface area contributed by atoms with Gasteiger partial charge in [-0.1, -0.05) is 26.7 Å². The second-order valence-corrected chi connectivity index (χ2v) is 3.48. The normalized spacial score (nSPS) is 13.7. The third kappa shape index (κ3) is 2.89. The smallest absolute Gasteiger partial charge is 0.0736 e. The lowest BCUT2D eigenvalue weighted by Gasteiger charge is -2.25. The van der Waals surface area contributed by atoms with E-state index in [0.717, 1.165) is 0 Å². The molecule has 0 heterocycles. The molecule has 1 heteroatoms. The number of hydrogen-bond donors (Lipinski definition) is 1. The molecule has 0 aliphatic carbocycles. The minimum absolute atomic E-state index is 0.234. The SMILES string of the molecule is CC#CC(NC)C(C)(C)C. The largest absolute Gasteiger partial charge is 0.306 e. The highest BCUT2D eigenvalue weighted by Gasteiger charge is 2.20. The van der Waals surface area contributed by atoms with Gasteiger partial charge in [-0.2, -0.15) is 0 Å². The molecule has 0 aliphatic heterocycles. The first-order chi connectivity index (χ1) is 4.52. The molecular formula is C9H17N. The number of hydrogen-bond acceptors (Lipinski definition) is 1. The van der Waals surface area contributed by atoms with Crippen molar-refractivity contribution in [2.75, 3.05) is 7.05 Å². The van der Waals surface area contributed by atoms with Crippen molar-refractivity contribution in [3.8, 4) is 11.8 Å². The molecule has 1 nitrogen and oxygen atoms in total. The lowest BCUT2D eigenvalue weighted by atomic mass is 9.87. The van der Waals surface area contributed by atoms with Crippen molar-refractivity contribution >= 4 is 0 Å². The van der Waals surface area contributed by atoms with Gasteiger partial charge in [-0.15, -0.1) is 5.92 Å². The molecule has 0 amide bonds. The van der Waals surface area contributed by atoms with Gasteiger partial charge in [0, 0.05) is 0 Å². The summed E-state index contributed by atoms with van der Waals surface area (Å²) in [5.41, 5.74) is 0.234. The van der Waals surface area contributed by atoms with Crippen LogP contribution in [0.3, 0.4) is 0 Å². The first-order valence-electron chi connectivity index (χ1n) is 3.62. The molecule has 0 spiro atoms. The second-order valence-electron chi connectivity index (χ2n) is 3.48. The molecule has 10 heavy (non-hydrogen) atoms. The first-order valence-corrected chi connectivity index (χ1v) is 3.62. The second kappa shape index (κ2) is 3.63. The van der Waals surface area contributed by atoms with Crippen molar-refractivity contribution in [2.45, 2.75) is 33.7 Å². The molecule has 0 bridgehead atoms. The highest BCUT2D eigenvalue weighted by Crippen LogP contribution is 2.17. The summed E-state index contributed by atoms with van der Waals surface area (Å²) in [6, 6.07) is 0.303. The quantitative estimate of drug-likeness (QED) is 0.545. The third-order valence-corrected chi connectivity index (χ3v) is 1.44. The zero-order valence-corrected chi connectivity index (χ0v) is 7.58. The third-order valence-electron chi connectivity index (χ3n) is 1.44. The monoisotopic (exact) mass is 139 g/mol. The fourth-order valence-corrected chi connectivity index (χ4v) is 0.866. The summed E-state index contributed by atoms with van der Waals surface area (Å²) in [5, 5.41) is 3.17. The van der Waals surface area contributed by atoms with Crippen molar-refractivity contribution in [2.24, 2.45) is 5.41 Å². The average molecular weight is 139 g/mol. The fraction of sp³-hybridized carbons (Fsp3) is 0.778. The molecule has 0 fully saturated rings. The van der Waals surface area contributed by atoms with Crippen LogP contribution in [0.5, 0.6) is 0 Å². The Labute approximate surface area is 64.2 Å². The van der Waals surface area contributed by atoms with Crippen LogP contribution < -0.4 is 5.32 Å². The number of nitrogens with one attached hydrogen (secondary N) is 1. The molecule has 0 rings (SSSR count). The molecule has 1 unspecified atom stereocenters. The van der Waals surface area contributed by atoms with Crippen molar-refractivity contribution in [1.29, 1.82) is 0 Å². The first kappa shape index (κ1) is 9.52. The summed E-state index contributed by atoms with van der Waals surface area (Å²) in [7, 11) is 1.94. The molecule has 0 aromatic heterocycles. The Kier molecular flexibility index (Phi) is 3.46. The Morgan fingerprint density at radius 2 is 1.80 bits per heavy atom. The van der Waals surface area contributed by atoms with Gasteiger partial charge in [0.25, 0.3) is 0 Å². The Bertz CT molecular complexity index is 142. The van der Waals surface area contributed by atoms with Crippen molar-refractivity contribution in [1.82, 2.24) is 5.32 Å². The molecule has 0 aromatic rings. The van der Waals surface area contributed by atoms with Crippen molar-refractivity contribution in [3.05, 3.63) is 0 Å². The lowest BCUT2D eigenvalue weighted by Crippen LogP contribution is -2.36. The highest BCUT2D eigenvalue weighted by atomic mass is 14.9. The standard InChI is InChI=1S/C9H17N/c1-6-7-8(10-5)9(2,3)4/h8,10H,1-5H3. The summed E-state index contributed by atoms with van der Waals surface area (Å²) < 4.78 is 0. The maximum Gasteiger partial charge on any atom is 0.0736 e. The molecular weight excluding hydrogens is 122 g/mol. The summed E-state index contributed by atoms with van der Waals surface area (Å²) in [5.74, 6) is 6.02. The van der Waals surface area contributed by atoms with Crippen molar-refractivity contribution in [3.63, 3.8) is 0 Å². The Morgan fingerprint density at radius 3 is 1.90 bits per heavy atom. The van der Waals surface area contributed by atoms with Gasteiger partial charge < -0.3 is 5.32 Å². The minimum Gasteiger partial charge on any atom is -0.306 e. The predicted octanol–water partition coefficient (Wildman–Crippen LogP) is 1.64. The van der Waals surface area contributed by atoms with E-state index in [0.29, 0.717) is 6.04 Å². The van der Waals surface area contributed by atoms with Gasteiger partial charge in [-0.25, -0.2) is 0 Å². The zero-order chi connectivity index (χ0) is 8.20. The molecule has 0 aromatic carbocycles. The molecule has 0 saturated carbocycles. The van der Waals surface area contributed by atoms with E-state index in [9.17, 15) is 0 Å². The van der Waals surface area contributed by atoms with Gasteiger partial charge in [0.15, 0.2) is 0 Å². The Morgan fingerprint density at radius 1 is 1.30 bits per heavy atom. The molecule has 58 valence electrons.